The average Bonchev–Trinajstić information content (AvgIpc) is 2.47. The summed E-state index contributed by atoms with van der Waals surface area (Å²) in [4.78, 5) is 0. The van der Waals surface area contributed by atoms with Crippen LogP contribution in [0.25, 0.3) is 0 Å². The van der Waals surface area contributed by atoms with Crippen molar-refractivity contribution in [2.45, 2.75) is 26.4 Å². The molecule has 0 bridgehead atoms. The average molecular weight is 324 g/mol. The van der Waals surface area contributed by atoms with Crippen LogP contribution >= 0.6 is 23.2 Å². The van der Waals surface area contributed by atoms with Crippen LogP contribution < -0.4 is 10.5 Å². The summed E-state index contributed by atoms with van der Waals surface area (Å²) in [5, 5.41) is 1.12. The maximum atomic E-state index is 6.23. The first-order valence-electron chi connectivity index (χ1n) is 7.02. The van der Waals surface area contributed by atoms with Gasteiger partial charge in [0.15, 0.2) is 0 Å². The number of aryl methyl sites for hydroxylation is 1. The Morgan fingerprint density at radius 2 is 1.71 bits per heavy atom. The largest absolute Gasteiger partial charge is 0.487 e. The number of halogens is 2. The predicted molar refractivity (Wildman–Crippen MR) is 89.4 cm³/mol. The predicted octanol–water partition coefficient (Wildman–Crippen LogP) is 4.64. The van der Waals surface area contributed by atoms with Gasteiger partial charge in [-0.25, -0.2) is 0 Å². The van der Waals surface area contributed by atoms with Crippen LogP contribution in [-0.4, -0.2) is 6.54 Å². The molecule has 2 aromatic rings. The van der Waals surface area contributed by atoms with Gasteiger partial charge in [0.2, 0.25) is 0 Å². The molecule has 0 atom stereocenters. The molecule has 21 heavy (non-hydrogen) atoms. The smallest absolute Gasteiger partial charge is 0.141 e. The van der Waals surface area contributed by atoms with Crippen molar-refractivity contribution in [2.24, 2.45) is 5.73 Å². The van der Waals surface area contributed by atoms with Crippen LogP contribution in [0.3, 0.4) is 0 Å². The van der Waals surface area contributed by atoms with Crippen molar-refractivity contribution in [3.05, 3.63) is 63.1 Å². The summed E-state index contributed by atoms with van der Waals surface area (Å²) in [7, 11) is 0. The van der Waals surface area contributed by atoms with Crippen LogP contribution in [-0.2, 0) is 19.4 Å². The van der Waals surface area contributed by atoms with E-state index >= 15 is 0 Å². The van der Waals surface area contributed by atoms with Gasteiger partial charge in [0.1, 0.15) is 12.4 Å². The van der Waals surface area contributed by atoms with Crippen molar-refractivity contribution >= 4 is 23.2 Å². The lowest BCUT2D eigenvalue weighted by atomic mass is 10.1. The maximum absolute atomic E-state index is 6.23. The number of ether oxygens (including phenoxy) is 1. The molecule has 0 aromatic heterocycles. The third-order valence-electron chi connectivity index (χ3n) is 3.31. The van der Waals surface area contributed by atoms with E-state index in [2.05, 4.69) is 31.2 Å². The van der Waals surface area contributed by atoms with Gasteiger partial charge in [-0.15, -0.1) is 0 Å². The monoisotopic (exact) mass is 323 g/mol. The first-order chi connectivity index (χ1) is 10.1. The molecule has 4 heteroatoms. The van der Waals surface area contributed by atoms with Crippen LogP contribution in [0.4, 0.5) is 0 Å². The van der Waals surface area contributed by atoms with Crippen molar-refractivity contribution in [1.29, 1.82) is 0 Å². The van der Waals surface area contributed by atoms with Gasteiger partial charge in [-0.2, -0.15) is 0 Å². The Bertz CT molecular complexity index is 596. The molecule has 0 spiro atoms. The molecule has 0 radical (unpaired) electrons. The van der Waals surface area contributed by atoms with Crippen molar-refractivity contribution in [3.8, 4) is 5.75 Å². The second kappa shape index (κ2) is 7.69. The highest BCUT2D eigenvalue weighted by Crippen LogP contribution is 2.33. The molecule has 0 aliphatic rings. The van der Waals surface area contributed by atoms with E-state index in [0.717, 1.165) is 17.5 Å². The Labute approximate surface area is 135 Å². The standard InChI is InChI=1S/C17H19Cl2NO/c1-2-12-3-5-13(6-4-12)11-21-17-14(7-8-20)9-15(18)10-16(17)19/h3-6,9-10H,2,7-8,11,20H2,1H3. The third kappa shape index (κ3) is 4.37. The lowest BCUT2D eigenvalue weighted by molar-refractivity contribution is 0.303. The summed E-state index contributed by atoms with van der Waals surface area (Å²) < 4.78 is 5.89. The van der Waals surface area contributed by atoms with Crippen LogP contribution in [0.1, 0.15) is 23.6 Å². The molecular formula is C17H19Cl2NO. The zero-order chi connectivity index (χ0) is 15.2. The topological polar surface area (TPSA) is 35.2 Å². The van der Waals surface area contributed by atoms with Crippen molar-refractivity contribution in [1.82, 2.24) is 0 Å². The van der Waals surface area contributed by atoms with Gasteiger partial charge in [-0.1, -0.05) is 54.4 Å². The maximum Gasteiger partial charge on any atom is 0.141 e. The zero-order valence-electron chi connectivity index (χ0n) is 12.0. The van der Waals surface area contributed by atoms with Gasteiger partial charge in [0.05, 0.1) is 5.02 Å². The second-order valence-corrected chi connectivity index (χ2v) is 5.72. The molecule has 112 valence electrons. The number of hydrogen-bond acceptors (Lipinski definition) is 2. The van der Waals surface area contributed by atoms with E-state index in [4.69, 9.17) is 33.7 Å². The van der Waals surface area contributed by atoms with E-state index in [0.29, 0.717) is 35.4 Å². The normalized spacial score (nSPS) is 10.7. The van der Waals surface area contributed by atoms with Gasteiger partial charge in [-0.3, -0.25) is 0 Å². The molecule has 2 rings (SSSR count). The molecule has 0 fully saturated rings. The molecule has 0 saturated carbocycles. The van der Waals surface area contributed by atoms with Gasteiger partial charge in [0, 0.05) is 5.02 Å². The summed E-state index contributed by atoms with van der Waals surface area (Å²) in [6, 6.07) is 11.9. The van der Waals surface area contributed by atoms with E-state index in [1.807, 2.05) is 6.07 Å². The quantitative estimate of drug-likeness (QED) is 0.840. The summed E-state index contributed by atoms with van der Waals surface area (Å²) in [5.74, 6) is 0.672. The van der Waals surface area contributed by atoms with Gasteiger partial charge >= 0.3 is 0 Å². The van der Waals surface area contributed by atoms with E-state index in [1.165, 1.54) is 5.56 Å². The minimum atomic E-state index is 0.475. The Kier molecular flexibility index (Phi) is 5.92. The number of nitrogens with two attached hydrogens (primary N) is 1. The highest BCUT2D eigenvalue weighted by molar-refractivity contribution is 6.35. The molecule has 0 aliphatic heterocycles. The van der Waals surface area contributed by atoms with Crippen molar-refractivity contribution in [3.63, 3.8) is 0 Å². The Morgan fingerprint density at radius 1 is 1.05 bits per heavy atom. The fourth-order valence-corrected chi connectivity index (χ4v) is 2.73. The minimum Gasteiger partial charge on any atom is -0.487 e. The van der Waals surface area contributed by atoms with Crippen LogP contribution in [0, 0.1) is 0 Å². The molecule has 2 aromatic carbocycles. The SMILES string of the molecule is CCc1ccc(COc2c(Cl)cc(Cl)cc2CCN)cc1. The van der Waals surface area contributed by atoms with Gasteiger partial charge < -0.3 is 10.5 Å². The summed E-state index contributed by atoms with van der Waals surface area (Å²) in [5.41, 5.74) is 8.99. The van der Waals surface area contributed by atoms with Crippen LogP contribution in [0.2, 0.25) is 10.0 Å². The Hall–Kier alpha value is -1.22. The molecule has 0 unspecified atom stereocenters. The van der Waals surface area contributed by atoms with Crippen molar-refractivity contribution < 1.29 is 4.74 Å². The Morgan fingerprint density at radius 3 is 2.33 bits per heavy atom. The number of hydrogen-bond donors (Lipinski definition) is 1. The van der Waals surface area contributed by atoms with E-state index in [9.17, 15) is 0 Å². The van der Waals surface area contributed by atoms with Crippen LogP contribution in [0.15, 0.2) is 36.4 Å². The minimum absolute atomic E-state index is 0.475. The summed E-state index contributed by atoms with van der Waals surface area (Å²) in [6.07, 6.45) is 1.72. The van der Waals surface area contributed by atoms with Gasteiger partial charge in [-0.05, 0) is 48.2 Å². The number of benzene rings is 2. The lowest BCUT2D eigenvalue weighted by Crippen LogP contribution is -2.06. The second-order valence-electron chi connectivity index (χ2n) is 4.87. The zero-order valence-corrected chi connectivity index (χ0v) is 13.5. The highest BCUT2D eigenvalue weighted by Gasteiger charge is 2.10. The van der Waals surface area contributed by atoms with Crippen molar-refractivity contribution in [2.75, 3.05) is 6.54 Å². The Balaban J connectivity index is 2.14. The third-order valence-corrected chi connectivity index (χ3v) is 3.81. The van der Waals surface area contributed by atoms with E-state index < -0.39 is 0 Å². The summed E-state index contributed by atoms with van der Waals surface area (Å²) >= 11 is 12.3. The highest BCUT2D eigenvalue weighted by atomic mass is 35.5. The molecule has 2 nitrogen and oxygen atoms in total. The molecule has 0 heterocycles. The fraction of sp³-hybridized carbons (Fsp3) is 0.294. The molecule has 0 amide bonds. The fourth-order valence-electron chi connectivity index (χ4n) is 2.14. The molecule has 0 saturated heterocycles. The van der Waals surface area contributed by atoms with E-state index in [-0.39, 0.29) is 0 Å². The molecule has 0 aliphatic carbocycles. The number of rotatable bonds is 6. The summed E-state index contributed by atoms with van der Waals surface area (Å²) in [6.45, 7) is 3.14. The first-order valence-corrected chi connectivity index (χ1v) is 7.78. The molecular weight excluding hydrogens is 305 g/mol. The molecule has 2 N–H and O–H groups in total. The first kappa shape index (κ1) is 16.2. The van der Waals surface area contributed by atoms with Gasteiger partial charge in [0.25, 0.3) is 0 Å². The lowest BCUT2D eigenvalue weighted by Gasteiger charge is -2.14. The van der Waals surface area contributed by atoms with E-state index in [1.54, 1.807) is 6.07 Å². The van der Waals surface area contributed by atoms with Crippen LogP contribution in [0.5, 0.6) is 5.75 Å².